The van der Waals surface area contributed by atoms with Gasteiger partial charge in [-0.15, -0.1) is 0 Å². The number of carbonyl (C=O) groups excluding carboxylic acids is 1. The predicted octanol–water partition coefficient (Wildman–Crippen LogP) is 3.75. The minimum absolute atomic E-state index is 0.559. The lowest BCUT2D eigenvalue weighted by Crippen LogP contribution is -1.95. The fourth-order valence-electron chi connectivity index (χ4n) is 2.16. The third-order valence-electron chi connectivity index (χ3n) is 3.36. The lowest BCUT2D eigenvalue weighted by atomic mass is 9.98. The molecule has 0 unspecified atom stereocenters. The molecule has 0 heterocycles. The van der Waals surface area contributed by atoms with Crippen LogP contribution in [0.5, 0.6) is 11.5 Å². The number of benzene rings is 2. The van der Waals surface area contributed by atoms with Gasteiger partial charge in [0.25, 0.3) is 0 Å². The van der Waals surface area contributed by atoms with Gasteiger partial charge >= 0.3 is 0 Å². The summed E-state index contributed by atoms with van der Waals surface area (Å²) in [6, 6.07) is 11.7. The maximum atomic E-state index is 11.3. The summed E-state index contributed by atoms with van der Waals surface area (Å²) in [7, 11) is 3.14. The number of ether oxygens (including phenoxy) is 2. The largest absolute Gasteiger partial charge is 0.493 e. The van der Waals surface area contributed by atoms with E-state index in [2.05, 4.69) is 19.1 Å². The maximum absolute atomic E-state index is 11.3. The van der Waals surface area contributed by atoms with Gasteiger partial charge in [-0.2, -0.15) is 0 Å². The molecule has 0 spiro atoms. The maximum Gasteiger partial charge on any atom is 0.161 e. The smallest absolute Gasteiger partial charge is 0.161 e. The van der Waals surface area contributed by atoms with Crippen molar-refractivity contribution < 1.29 is 14.3 Å². The van der Waals surface area contributed by atoms with E-state index in [0.29, 0.717) is 17.1 Å². The molecule has 0 aliphatic carbocycles. The molecular weight excluding hydrogens is 252 g/mol. The summed E-state index contributed by atoms with van der Waals surface area (Å²) in [5.41, 5.74) is 3.69. The molecule has 20 heavy (non-hydrogen) atoms. The molecule has 2 aromatic carbocycles. The molecule has 0 N–H and O–H groups in total. The Kier molecular flexibility index (Phi) is 4.41. The van der Waals surface area contributed by atoms with Gasteiger partial charge in [0.15, 0.2) is 17.8 Å². The first-order valence-electron chi connectivity index (χ1n) is 6.54. The van der Waals surface area contributed by atoms with Crippen LogP contribution in [-0.2, 0) is 6.42 Å². The van der Waals surface area contributed by atoms with E-state index in [4.69, 9.17) is 9.47 Å². The second-order valence-electron chi connectivity index (χ2n) is 4.46. The fourth-order valence-corrected chi connectivity index (χ4v) is 2.16. The van der Waals surface area contributed by atoms with Crippen LogP contribution in [0.15, 0.2) is 36.4 Å². The average molecular weight is 270 g/mol. The van der Waals surface area contributed by atoms with E-state index in [0.717, 1.165) is 23.8 Å². The van der Waals surface area contributed by atoms with Crippen LogP contribution < -0.4 is 9.47 Å². The Hall–Kier alpha value is -2.29. The topological polar surface area (TPSA) is 35.5 Å². The van der Waals surface area contributed by atoms with Gasteiger partial charge in [0, 0.05) is 5.56 Å². The van der Waals surface area contributed by atoms with E-state index in [-0.39, 0.29) is 0 Å². The van der Waals surface area contributed by atoms with Crippen molar-refractivity contribution >= 4 is 6.29 Å². The van der Waals surface area contributed by atoms with Crippen LogP contribution in [0.2, 0.25) is 0 Å². The Balaban J connectivity index is 2.55. The second kappa shape index (κ2) is 6.24. The van der Waals surface area contributed by atoms with Gasteiger partial charge in [-0.1, -0.05) is 31.2 Å². The molecule has 0 amide bonds. The number of carbonyl (C=O) groups is 1. The molecule has 104 valence electrons. The highest BCUT2D eigenvalue weighted by Crippen LogP contribution is 2.35. The zero-order valence-corrected chi connectivity index (χ0v) is 12.0. The minimum atomic E-state index is 0.559. The summed E-state index contributed by atoms with van der Waals surface area (Å²) in [6.07, 6.45) is 1.83. The molecule has 0 aliphatic heterocycles. The van der Waals surface area contributed by atoms with Crippen molar-refractivity contribution in [3.05, 3.63) is 47.5 Å². The van der Waals surface area contributed by atoms with Crippen LogP contribution in [0.1, 0.15) is 22.8 Å². The highest BCUT2D eigenvalue weighted by Gasteiger charge is 2.12. The molecule has 0 aliphatic rings. The number of hydrogen-bond acceptors (Lipinski definition) is 3. The highest BCUT2D eigenvalue weighted by atomic mass is 16.5. The molecule has 0 bridgehead atoms. The van der Waals surface area contributed by atoms with Crippen LogP contribution in [0.4, 0.5) is 0 Å². The molecular formula is C17H18O3. The molecule has 3 nitrogen and oxygen atoms in total. The first-order valence-corrected chi connectivity index (χ1v) is 6.54. The van der Waals surface area contributed by atoms with Gasteiger partial charge in [0.2, 0.25) is 0 Å². The van der Waals surface area contributed by atoms with Crippen LogP contribution in [0.25, 0.3) is 11.1 Å². The molecule has 3 heteroatoms. The fraction of sp³-hybridized carbons (Fsp3) is 0.235. The lowest BCUT2D eigenvalue weighted by Gasteiger charge is -2.12. The van der Waals surface area contributed by atoms with Gasteiger partial charge in [-0.25, -0.2) is 0 Å². The summed E-state index contributed by atoms with van der Waals surface area (Å²) in [5, 5.41) is 0. The summed E-state index contributed by atoms with van der Waals surface area (Å²) in [4.78, 5) is 11.3. The van der Waals surface area contributed by atoms with E-state index >= 15 is 0 Å². The number of hydrogen-bond donors (Lipinski definition) is 0. The second-order valence-corrected chi connectivity index (χ2v) is 4.46. The van der Waals surface area contributed by atoms with Crippen molar-refractivity contribution in [1.29, 1.82) is 0 Å². The zero-order valence-electron chi connectivity index (χ0n) is 12.0. The van der Waals surface area contributed by atoms with E-state index in [1.807, 2.05) is 18.2 Å². The molecule has 0 atom stereocenters. The number of methoxy groups -OCH3 is 2. The van der Waals surface area contributed by atoms with Crippen LogP contribution in [0.3, 0.4) is 0 Å². The number of rotatable bonds is 5. The van der Waals surface area contributed by atoms with Crippen LogP contribution >= 0.6 is 0 Å². The molecule has 2 aromatic rings. The first-order chi connectivity index (χ1) is 9.73. The summed E-state index contributed by atoms with van der Waals surface area (Å²) in [6.45, 7) is 2.11. The van der Waals surface area contributed by atoms with Gasteiger partial charge in [0.1, 0.15) is 0 Å². The SMILES string of the molecule is CCc1ccc(-c2cc(OC)c(OC)cc2C=O)cc1. The third kappa shape index (κ3) is 2.67. The van der Waals surface area contributed by atoms with E-state index in [1.165, 1.54) is 5.56 Å². The van der Waals surface area contributed by atoms with Crippen LogP contribution in [0, 0.1) is 0 Å². The van der Waals surface area contributed by atoms with Crippen LogP contribution in [-0.4, -0.2) is 20.5 Å². The van der Waals surface area contributed by atoms with Crippen molar-refractivity contribution in [2.24, 2.45) is 0 Å². The molecule has 0 aromatic heterocycles. The molecule has 2 rings (SSSR count). The van der Waals surface area contributed by atoms with Crippen molar-refractivity contribution in [2.75, 3.05) is 14.2 Å². The van der Waals surface area contributed by atoms with E-state index in [9.17, 15) is 4.79 Å². The highest BCUT2D eigenvalue weighted by molar-refractivity contribution is 5.89. The Bertz CT molecular complexity index is 600. The average Bonchev–Trinajstić information content (AvgIpc) is 2.53. The number of aldehydes is 1. The lowest BCUT2D eigenvalue weighted by molar-refractivity contribution is 0.112. The Morgan fingerprint density at radius 2 is 1.60 bits per heavy atom. The predicted molar refractivity (Wildman–Crippen MR) is 79.7 cm³/mol. The van der Waals surface area contributed by atoms with Gasteiger partial charge < -0.3 is 9.47 Å². The van der Waals surface area contributed by atoms with Crippen molar-refractivity contribution in [1.82, 2.24) is 0 Å². The first kappa shape index (κ1) is 14.1. The van der Waals surface area contributed by atoms with E-state index < -0.39 is 0 Å². The summed E-state index contributed by atoms with van der Waals surface area (Å²) < 4.78 is 10.5. The molecule has 0 saturated carbocycles. The van der Waals surface area contributed by atoms with Gasteiger partial charge in [-0.3, -0.25) is 4.79 Å². The summed E-state index contributed by atoms with van der Waals surface area (Å²) in [5.74, 6) is 1.18. The standard InChI is InChI=1S/C17H18O3/c1-4-12-5-7-13(8-6-12)15-10-17(20-3)16(19-2)9-14(15)11-18/h5-11H,4H2,1-3H3. The van der Waals surface area contributed by atoms with Crippen molar-refractivity contribution in [2.45, 2.75) is 13.3 Å². The van der Waals surface area contributed by atoms with Gasteiger partial charge in [-0.05, 0) is 35.2 Å². The third-order valence-corrected chi connectivity index (χ3v) is 3.36. The molecule has 0 fully saturated rings. The monoisotopic (exact) mass is 270 g/mol. The Labute approximate surface area is 119 Å². The number of aryl methyl sites for hydroxylation is 1. The van der Waals surface area contributed by atoms with Gasteiger partial charge in [0.05, 0.1) is 14.2 Å². The Morgan fingerprint density at radius 1 is 1.00 bits per heavy atom. The minimum Gasteiger partial charge on any atom is -0.493 e. The molecule has 0 saturated heterocycles. The van der Waals surface area contributed by atoms with E-state index in [1.54, 1.807) is 20.3 Å². The van der Waals surface area contributed by atoms with Crippen molar-refractivity contribution in [3.8, 4) is 22.6 Å². The normalized spacial score (nSPS) is 10.2. The zero-order chi connectivity index (χ0) is 14.5. The quantitative estimate of drug-likeness (QED) is 0.776. The molecule has 0 radical (unpaired) electrons. The van der Waals surface area contributed by atoms with Crippen molar-refractivity contribution in [3.63, 3.8) is 0 Å². The summed E-state index contributed by atoms with van der Waals surface area (Å²) >= 11 is 0. The Morgan fingerprint density at radius 3 is 2.10 bits per heavy atom.